The lowest BCUT2D eigenvalue weighted by molar-refractivity contribution is 0.103. The molecule has 5 rings (SSSR count). The zero-order valence-electron chi connectivity index (χ0n) is 17.3. The lowest BCUT2D eigenvalue weighted by Gasteiger charge is -2.29. The number of ketones is 1. The molecule has 0 N–H and O–H groups in total. The molecular formula is C24H17ClF2N4O2. The number of carbonyl (C=O) groups is 1. The van der Waals surface area contributed by atoms with Gasteiger partial charge in [0.05, 0.1) is 41.2 Å². The number of morpholine rings is 1. The van der Waals surface area contributed by atoms with Crippen LogP contribution in [0.4, 0.5) is 14.5 Å². The predicted octanol–water partition coefficient (Wildman–Crippen LogP) is 4.69. The number of benzene rings is 2. The van der Waals surface area contributed by atoms with Gasteiger partial charge in [-0.15, -0.1) is 0 Å². The van der Waals surface area contributed by atoms with Crippen LogP contribution >= 0.6 is 11.6 Å². The summed E-state index contributed by atoms with van der Waals surface area (Å²) in [7, 11) is 0. The molecule has 2 aromatic carbocycles. The third-order valence-electron chi connectivity index (χ3n) is 5.56. The summed E-state index contributed by atoms with van der Waals surface area (Å²) >= 11 is 5.94. The average Bonchev–Trinajstić information content (AvgIpc) is 2.85. The minimum atomic E-state index is -0.803. The maximum atomic E-state index is 14.9. The highest BCUT2D eigenvalue weighted by molar-refractivity contribution is 6.35. The number of nitrogens with zero attached hydrogens (tertiary/aromatic N) is 4. The largest absolute Gasteiger partial charge is 0.378 e. The molecule has 1 saturated heterocycles. The third-order valence-corrected chi connectivity index (χ3v) is 5.95. The molecule has 1 fully saturated rings. The topological polar surface area (TPSA) is 68.2 Å². The Bertz CT molecular complexity index is 1380. The number of ether oxygens (including phenoxy) is 1. The van der Waals surface area contributed by atoms with Crippen molar-refractivity contribution in [1.82, 2.24) is 15.0 Å². The maximum Gasteiger partial charge on any atom is 0.196 e. The Kier molecular flexibility index (Phi) is 5.70. The fourth-order valence-electron chi connectivity index (χ4n) is 3.86. The Labute approximate surface area is 192 Å². The average molecular weight is 467 g/mol. The van der Waals surface area contributed by atoms with Gasteiger partial charge in [0, 0.05) is 41.5 Å². The number of rotatable bonds is 4. The van der Waals surface area contributed by atoms with Gasteiger partial charge in [0.1, 0.15) is 12.1 Å². The van der Waals surface area contributed by atoms with Crippen LogP contribution < -0.4 is 4.90 Å². The van der Waals surface area contributed by atoms with Gasteiger partial charge in [0.15, 0.2) is 11.6 Å². The summed E-state index contributed by atoms with van der Waals surface area (Å²) in [5.41, 5.74) is 2.16. The van der Waals surface area contributed by atoms with Crippen LogP contribution in [0, 0.1) is 11.6 Å². The van der Waals surface area contributed by atoms with Crippen molar-refractivity contribution in [2.75, 3.05) is 31.2 Å². The lowest BCUT2D eigenvalue weighted by atomic mass is 9.99. The summed E-state index contributed by atoms with van der Waals surface area (Å²) in [5, 5.41) is 0.312. The van der Waals surface area contributed by atoms with Gasteiger partial charge in [0.25, 0.3) is 0 Å². The number of carbonyl (C=O) groups excluding carboxylic acids is 1. The summed E-state index contributed by atoms with van der Waals surface area (Å²) in [4.78, 5) is 27.5. The molecular weight excluding hydrogens is 450 g/mol. The second-order valence-electron chi connectivity index (χ2n) is 7.53. The van der Waals surface area contributed by atoms with E-state index in [1.807, 2.05) is 18.2 Å². The van der Waals surface area contributed by atoms with Crippen LogP contribution in [-0.2, 0) is 4.74 Å². The first kappa shape index (κ1) is 21.4. The molecule has 0 saturated carbocycles. The molecule has 166 valence electrons. The van der Waals surface area contributed by atoms with Gasteiger partial charge >= 0.3 is 0 Å². The van der Waals surface area contributed by atoms with E-state index in [2.05, 4.69) is 19.9 Å². The number of halogens is 3. The summed E-state index contributed by atoms with van der Waals surface area (Å²) in [6.45, 7) is 2.87. The van der Waals surface area contributed by atoms with Crippen LogP contribution in [-0.4, -0.2) is 47.0 Å². The van der Waals surface area contributed by atoms with E-state index in [-0.39, 0.29) is 21.7 Å². The Hall–Kier alpha value is -3.49. The second kappa shape index (κ2) is 8.80. The standard InChI is InChI=1S/C24H17ClF2N4O2/c25-22-18(11-28-12-20(22)27)24(32)14-1-4-19(26)17(9-14)23-16-3-2-15(10-21(16)29-13-30-23)31-5-7-33-8-6-31/h1-4,9-13H,5-8H2. The van der Waals surface area contributed by atoms with Crippen molar-refractivity contribution in [3.05, 3.63) is 82.9 Å². The Morgan fingerprint density at radius 2 is 1.82 bits per heavy atom. The number of fused-ring (bicyclic) bond motifs is 1. The van der Waals surface area contributed by atoms with Gasteiger partial charge in [-0.2, -0.15) is 0 Å². The Morgan fingerprint density at radius 3 is 2.64 bits per heavy atom. The molecule has 9 heteroatoms. The minimum absolute atomic E-state index is 0.100. The van der Waals surface area contributed by atoms with Crippen molar-refractivity contribution < 1.29 is 18.3 Å². The molecule has 6 nitrogen and oxygen atoms in total. The van der Waals surface area contributed by atoms with Crippen molar-refractivity contribution in [1.29, 1.82) is 0 Å². The molecule has 0 amide bonds. The monoisotopic (exact) mass is 466 g/mol. The molecule has 2 aromatic heterocycles. The predicted molar refractivity (Wildman–Crippen MR) is 121 cm³/mol. The number of pyridine rings is 1. The number of aromatic nitrogens is 3. The molecule has 0 bridgehead atoms. The summed E-state index contributed by atoms with van der Waals surface area (Å²) in [6.07, 6.45) is 3.47. The van der Waals surface area contributed by atoms with Crippen molar-refractivity contribution in [3.8, 4) is 11.3 Å². The van der Waals surface area contributed by atoms with E-state index in [1.165, 1.54) is 30.7 Å². The summed E-state index contributed by atoms with van der Waals surface area (Å²) < 4.78 is 34.0. The van der Waals surface area contributed by atoms with Gasteiger partial charge in [-0.3, -0.25) is 9.78 Å². The second-order valence-corrected chi connectivity index (χ2v) is 7.91. The van der Waals surface area contributed by atoms with E-state index in [4.69, 9.17) is 16.3 Å². The quantitative estimate of drug-likeness (QED) is 0.406. The first-order valence-corrected chi connectivity index (χ1v) is 10.6. The van der Waals surface area contributed by atoms with Crippen LogP contribution in [0.25, 0.3) is 22.2 Å². The van der Waals surface area contributed by atoms with E-state index in [9.17, 15) is 13.6 Å². The molecule has 4 aromatic rings. The first-order chi connectivity index (χ1) is 16.0. The van der Waals surface area contributed by atoms with Gasteiger partial charge in [-0.1, -0.05) is 11.6 Å². The SMILES string of the molecule is O=C(c1ccc(F)c(-c2ncnc3cc(N4CCOCC4)ccc23)c1)c1cncc(F)c1Cl. The molecule has 1 aliphatic rings. The molecule has 1 aliphatic heterocycles. The molecule has 0 spiro atoms. The van der Waals surface area contributed by atoms with Crippen molar-refractivity contribution in [2.24, 2.45) is 0 Å². The van der Waals surface area contributed by atoms with Gasteiger partial charge < -0.3 is 9.64 Å². The highest BCUT2D eigenvalue weighted by Gasteiger charge is 2.20. The van der Waals surface area contributed by atoms with Gasteiger partial charge in [0.2, 0.25) is 0 Å². The Morgan fingerprint density at radius 1 is 1.00 bits per heavy atom. The molecule has 3 heterocycles. The van der Waals surface area contributed by atoms with E-state index in [0.29, 0.717) is 29.8 Å². The summed E-state index contributed by atoms with van der Waals surface area (Å²) in [6, 6.07) is 9.59. The molecule has 0 radical (unpaired) electrons. The van der Waals surface area contributed by atoms with E-state index in [1.54, 1.807) is 0 Å². The van der Waals surface area contributed by atoms with Gasteiger partial charge in [-0.05, 0) is 36.4 Å². The number of hydrogen-bond acceptors (Lipinski definition) is 6. The lowest BCUT2D eigenvalue weighted by Crippen LogP contribution is -2.36. The Balaban J connectivity index is 1.57. The van der Waals surface area contributed by atoms with Crippen LogP contribution in [0.5, 0.6) is 0 Å². The fraction of sp³-hybridized carbons (Fsp3) is 0.167. The highest BCUT2D eigenvalue weighted by Crippen LogP contribution is 2.32. The zero-order chi connectivity index (χ0) is 22.9. The van der Waals surface area contributed by atoms with E-state index >= 15 is 0 Å². The first-order valence-electron chi connectivity index (χ1n) is 10.2. The smallest absolute Gasteiger partial charge is 0.196 e. The van der Waals surface area contributed by atoms with Crippen LogP contribution in [0.3, 0.4) is 0 Å². The van der Waals surface area contributed by atoms with Crippen molar-refractivity contribution in [2.45, 2.75) is 0 Å². The zero-order valence-corrected chi connectivity index (χ0v) is 18.0. The fourth-order valence-corrected chi connectivity index (χ4v) is 4.04. The van der Waals surface area contributed by atoms with E-state index in [0.717, 1.165) is 25.0 Å². The maximum absolute atomic E-state index is 14.9. The minimum Gasteiger partial charge on any atom is -0.378 e. The van der Waals surface area contributed by atoms with Crippen molar-refractivity contribution >= 4 is 34.0 Å². The van der Waals surface area contributed by atoms with Crippen LogP contribution in [0.1, 0.15) is 15.9 Å². The van der Waals surface area contributed by atoms with E-state index < -0.39 is 17.4 Å². The van der Waals surface area contributed by atoms with Crippen molar-refractivity contribution in [3.63, 3.8) is 0 Å². The summed E-state index contributed by atoms with van der Waals surface area (Å²) in [5.74, 6) is -1.92. The van der Waals surface area contributed by atoms with Gasteiger partial charge in [-0.25, -0.2) is 18.7 Å². The number of hydrogen-bond donors (Lipinski definition) is 0. The molecule has 0 atom stereocenters. The molecule has 33 heavy (non-hydrogen) atoms. The molecule has 0 unspecified atom stereocenters. The third kappa shape index (κ3) is 4.03. The molecule has 0 aliphatic carbocycles. The normalized spacial score (nSPS) is 14.0. The highest BCUT2D eigenvalue weighted by atomic mass is 35.5. The van der Waals surface area contributed by atoms with Crippen LogP contribution in [0.2, 0.25) is 5.02 Å². The van der Waals surface area contributed by atoms with Crippen LogP contribution in [0.15, 0.2) is 55.1 Å². The number of anilines is 1.